The Morgan fingerprint density at radius 2 is 1.75 bits per heavy atom. The molecule has 0 unspecified atom stereocenters. The Hall–Kier alpha value is 0.393. The first-order valence-corrected chi connectivity index (χ1v) is 8.32. The maximum atomic E-state index is 5.71. The molecule has 0 aliphatic carbocycles. The van der Waals surface area contributed by atoms with Crippen LogP contribution in [0.5, 0.6) is 0 Å². The van der Waals surface area contributed by atoms with Crippen LogP contribution in [0.3, 0.4) is 0 Å². The van der Waals surface area contributed by atoms with Crippen molar-refractivity contribution < 1.29 is 0 Å². The zero-order chi connectivity index (χ0) is 5.82. The molecule has 0 spiro atoms. The molecule has 0 atom stereocenters. The summed E-state index contributed by atoms with van der Waals surface area (Å²) in [5.74, 6) is 0. The average Bonchev–Trinajstić information content (AvgIpc) is 1.90. The molecule has 0 nitrogen and oxygen atoms in total. The molecular weight excluding hydrogens is 316 g/mol. The maximum absolute atomic E-state index is 5.71. The van der Waals surface area contributed by atoms with Crippen molar-refractivity contribution in [3.63, 3.8) is 0 Å². The molecule has 0 saturated heterocycles. The fourth-order valence-corrected chi connectivity index (χ4v) is 2.58. The molecule has 0 aliphatic heterocycles. The molecule has 1 aromatic rings. The van der Waals surface area contributed by atoms with E-state index in [1.807, 2.05) is 18.2 Å². The number of halogens is 1. The summed E-state index contributed by atoms with van der Waals surface area (Å²) in [6.07, 6.45) is 0. The predicted octanol–water partition coefficient (Wildman–Crippen LogP) is 1.17. The molecule has 8 heavy (non-hydrogen) atoms. The van der Waals surface area contributed by atoms with Gasteiger partial charge in [-0.15, -0.1) is 0 Å². The molecule has 0 saturated carbocycles. The first-order chi connectivity index (χ1) is 3.93. The summed E-state index contributed by atoms with van der Waals surface area (Å²) >= 11 is -0.751. The van der Waals surface area contributed by atoms with Crippen molar-refractivity contribution in [1.29, 1.82) is 0 Å². The second-order valence-corrected chi connectivity index (χ2v) is 5.57. The molecule has 0 amide bonds. The standard InChI is InChI=1S/C6H5.Bi.ClH/c1-2-4-6-5-3-1;;/h1-5H;;1H/q;+1;/p-1. The Morgan fingerprint density at radius 1 is 1.12 bits per heavy atom. The number of hydrogen-bond acceptors (Lipinski definition) is 0. The van der Waals surface area contributed by atoms with Gasteiger partial charge in [0, 0.05) is 0 Å². The van der Waals surface area contributed by atoms with Gasteiger partial charge < -0.3 is 0 Å². The van der Waals surface area contributed by atoms with Crippen LogP contribution in [-0.2, 0) is 0 Å². The topological polar surface area (TPSA) is 0 Å². The van der Waals surface area contributed by atoms with Gasteiger partial charge in [-0.3, -0.25) is 0 Å². The van der Waals surface area contributed by atoms with Gasteiger partial charge in [0.2, 0.25) is 0 Å². The van der Waals surface area contributed by atoms with Crippen LogP contribution in [0.25, 0.3) is 0 Å². The SMILES string of the molecule is [Cl][Bi][c]1ccccc1. The van der Waals surface area contributed by atoms with Crippen LogP contribution in [0.2, 0.25) is 0 Å². The molecular formula is C6H5BiCl. The first kappa shape index (κ1) is 6.51. The van der Waals surface area contributed by atoms with E-state index in [9.17, 15) is 0 Å². The predicted molar refractivity (Wildman–Crippen MR) is 37.7 cm³/mol. The molecule has 0 aliphatic rings. The van der Waals surface area contributed by atoms with E-state index in [1.54, 1.807) is 0 Å². The van der Waals surface area contributed by atoms with Crippen molar-refractivity contribution in [2.75, 3.05) is 0 Å². The van der Waals surface area contributed by atoms with Crippen molar-refractivity contribution in [2.45, 2.75) is 0 Å². The van der Waals surface area contributed by atoms with E-state index in [0.29, 0.717) is 0 Å². The van der Waals surface area contributed by atoms with Crippen LogP contribution in [-0.4, -0.2) is 22.0 Å². The van der Waals surface area contributed by atoms with Gasteiger partial charge in [-0.05, 0) is 0 Å². The monoisotopic (exact) mass is 321 g/mol. The molecule has 0 aromatic heterocycles. The van der Waals surface area contributed by atoms with Crippen LogP contribution in [0, 0.1) is 0 Å². The molecule has 1 rings (SSSR count). The summed E-state index contributed by atoms with van der Waals surface area (Å²) in [6, 6.07) is 10.2. The van der Waals surface area contributed by atoms with Crippen molar-refractivity contribution in [3.8, 4) is 0 Å². The van der Waals surface area contributed by atoms with Crippen molar-refractivity contribution >= 4 is 33.8 Å². The van der Waals surface area contributed by atoms with Gasteiger partial charge in [0.1, 0.15) is 0 Å². The fraction of sp³-hybridized carbons (Fsp3) is 0. The summed E-state index contributed by atoms with van der Waals surface area (Å²) in [4.78, 5) is 0. The fourth-order valence-electron chi connectivity index (χ4n) is 0.484. The molecule has 0 heterocycles. The van der Waals surface area contributed by atoms with E-state index in [-0.39, 0.29) is 0 Å². The Morgan fingerprint density at radius 3 is 2.12 bits per heavy atom. The van der Waals surface area contributed by atoms with E-state index in [4.69, 9.17) is 8.51 Å². The molecule has 0 bridgehead atoms. The average molecular weight is 322 g/mol. The van der Waals surface area contributed by atoms with Gasteiger partial charge >= 0.3 is 64.2 Å². The van der Waals surface area contributed by atoms with E-state index >= 15 is 0 Å². The van der Waals surface area contributed by atoms with Gasteiger partial charge in [-0.1, -0.05) is 0 Å². The third-order valence-electron chi connectivity index (χ3n) is 0.854. The zero-order valence-corrected chi connectivity index (χ0v) is 8.44. The molecule has 1 radical (unpaired) electrons. The van der Waals surface area contributed by atoms with E-state index in [0.717, 1.165) is 0 Å². The summed E-state index contributed by atoms with van der Waals surface area (Å²) in [7, 11) is 5.71. The molecule has 2 heteroatoms. The normalized spacial score (nSPS) is 9.12. The molecule has 1 aromatic carbocycles. The van der Waals surface area contributed by atoms with E-state index in [2.05, 4.69) is 12.1 Å². The quantitative estimate of drug-likeness (QED) is 0.681. The van der Waals surface area contributed by atoms with Gasteiger partial charge in [0.15, 0.2) is 0 Å². The number of rotatable bonds is 1. The van der Waals surface area contributed by atoms with Crippen molar-refractivity contribution in [2.24, 2.45) is 0 Å². The Balaban J connectivity index is 2.83. The van der Waals surface area contributed by atoms with Gasteiger partial charge in [-0.2, -0.15) is 0 Å². The number of benzene rings is 1. The van der Waals surface area contributed by atoms with Crippen molar-refractivity contribution in [1.82, 2.24) is 0 Å². The summed E-state index contributed by atoms with van der Waals surface area (Å²) in [5.41, 5.74) is 0. The second kappa shape index (κ2) is 3.42. The second-order valence-electron chi connectivity index (χ2n) is 1.42. The third-order valence-corrected chi connectivity index (χ3v) is 4.48. The van der Waals surface area contributed by atoms with E-state index < -0.39 is 22.0 Å². The number of hydrogen-bond donors (Lipinski definition) is 0. The Kier molecular flexibility index (Phi) is 2.79. The Bertz CT molecular complexity index is 150. The molecule has 0 N–H and O–H groups in total. The minimum absolute atomic E-state index is 0.751. The van der Waals surface area contributed by atoms with Crippen molar-refractivity contribution in [3.05, 3.63) is 30.3 Å². The van der Waals surface area contributed by atoms with Gasteiger partial charge in [-0.25, -0.2) is 0 Å². The van der Waals surface area contributed by atoms with Crippen LogP contribution >= 0.6 is 8.51 Å². The van der Waals surface area contributed by atoms with Gasteiger partial charge in [0.25, 0.3) is 0 Å². The van der Waals surface area contributed by atoms with Crippen LogP contribution in [0.15, 0.2) is 30.3 Å². The summed E-state index contributed by atoms with van der Waals surface area (Å²) in [6.45, 7) is 0. The minimum atomic E-state index is -0.751. The Labute approximate surface area is 64.0 Å². The van der Waals surface area contributed by atoms with Crippen LogP contribution in [0.4, 0.5) is 0 Å². The van der Waals surface area contributed by atoms with Gasteiger partial charge in [0.05, 0.1) is 0 Å². The summed E-state index contributed by atoms with van der Waals surface area (Å²) in [5, 5.41) is 0. The summed E-state index contributed by atoms with van der Waals surface area (Å²) < 4.78 is 1.36. The first-order valence-electron chi connectivity index (χ1n) is 2.30. The van der Waals surface area contributed by atoms with Crippen LogP contribution < -0.4 is 3.27 Å². The third kappa shape index (κ3) is 1.72. The van der Waals surface area contributed by atoms with Crippen LogP contribution in [0.1, 0.15) is 0 Å². The van der Waals surface area contributed by atoms with E-state index in [1.165, 1.54) is 3.27 Å². The molecule has 0 fully saturated rings. The molecule has 41 valence electrons. The zero-order valence-electron chi connectivity index (χ0n) is 4.21.